The van der Waals surface area contributed by atoms with Gasteiger partial charge in [0, 0.05) is 12.8 Å². The molecule has 1 atom stereocenters. The highest BCUT2D eigenvalue weighted by Gasteiger charge is 2.21. The van der Waals surface area contributed by atoms with Crippen molar-refractivity contribution in [3.05, 3.63) is 0 Å². The molecule has 5 nitrogen and oxygen atoms in total. The Kier molecular flexibility index (Phi) is 7.78. The number of amides is 1. The largest absolute Gasteiger partial charge is 0.467 e. The van der Waals surface area contributed by atoms with Crippen LogP contribution in [0.25, 0.3) is 0 Å². The lowest BCUT2D eigenvalue weighted by Crippen LogP contribution is -2.41. The first kappa shape index (κ1) is 15.4. The second-order valence-electron chi connectivity index (χ2n) is 4.29. The molecule has 0 heterocycles. The summed E-state index contributed by atoms with van der Waals surface area (Å²) < 4.78 is 4.61. The van der Waals surface area contributed by atoms with Crippen LogP contribution in [0.3, 0.4) is 0 Å². The molecule has 0 aliphatic rings. The highest BCUT2D eigenvalue weighted by atomic mass is 16.5. The summed E-state index contributed by atoms with van der Waals surface area (Å²) in [5.74, 6) is -0.375. The Bertz CT molecular complexity index is 295. The van der Waals surface area contributed by atoms with Gasteiger partial charge in [-0.2, -0.15) is 5.26 Å². The molecule has 0 aliphatic carbocycles. The number of unbranched alkanes of at least 4 members (excludes halogenated alkanes) is 1. The number of methoxy groups -OCH3 is 1. The lowest BCUT2D eigenvalue weighted by Gasteiger charge is -2.16. The smallest absolute Gasteiger partial charge is 0.328 e. The zero-order valence-corrected chi connectivity index (χ0v) is 10.7. The quantitative estimate of drug-likeness (QED) is 0.538. The van der Waals surface area contributed by atoms with Crippen molar-refractivity contribution in [1.29, 1.82) is 5.26 Å². The van der Waals surface area contributed by atoms with Gasteiger partial charge in [0.15, 0.2) is 0 Å². The van der Waals surface area contributed by atoms with Crippen LogP contribution in [0.4, 0.5) is 0 Å². The van der Waals surface area contributed by atoms with E-state index in [-0.39, 0.29) is 11.8 Å². The molecule has 0 spiro atoms. The van der Waals surface area contributed by atoms with E-state index in [1.807, 2.05) is 19.9 Å². The summed E-state index contributed by atoms with van der Waals surface area (Å²) in [5, 5.41) is 11.1. The number of hydrogen-bond acceptors (Lipinski definition) is 4. The van der Waals surface area contributed by atoms with Gasteiger partial charge in [0.05, 0.1) is 13.2 Å². The molecular formula is C12H20N2O3. The molecular weight excluding hydrogens is 220 g/mol. The summed E-state index contributed by atoms with van der Waals surface area (Å²) in [4.78, 5) is 22.9. The van der Waals surface area contributed by atoms with E-state index in [0.717, 1.165) is 0 Å². The third kappa shape index (κ3) is 7.34. The van der Waals surface area contributed by atoms with Crippen LogP contribution in [0.1, 0.15) is 39.5 Å². The average Bonchev–Trinajstić information content (AvgIpc) is 2.26. The molecule has 0 radical (unpaired) electrons. The maximum atomic E-state index is 11.5. The first-order valence-electron chi connectivity index (χ1n) is 5.75. The Balaban J connectivity index is 4.24. The molecule has 0 aliphatic heterocycles. The summed E-state index contributed by atoms with van der Waals surface area (Å²) >= 11 is 0. The van der Waals surface area contributed by atoms with E-state index in [0.29, 0.717) is 25.7 Å². The molecule has 1 amide bonds. The van der Waals surface area contributed by atoms with Gasteiger partial charge in [0.25, 0.3) is 0 Å². The molecule has 0 saturated carbocycles. The van der Waals surface area contributed by atoms with Gasteiger partial charge in [-0.3, -0.25) is 4.79 Å². The minimum atomic E-state index is -0.639. The molecule has 1 N–H and O–H groups in total. The van der Waals surface area contributed by atoms with Crippen LogP contribution in [-0.2, 0) is 14.3 Å². The van der Waals surface area contributed by atoms with E-state index >= 15 is 0 Å². The summed E-state index contributed by atoms with van der Waals surface area (Å²) in [7, 11) is 1.29. The molecule has 0 bridgehead atoms. The molecule has 0 rings (SSSR count). The number of carbonyl (C=O) groups excluding carboxylic acids is 2. The molecule has 0 unspecified atom stereocenters. The molecule has 17 heavy (non-hydrogen) atoms. The number of esters is 1. The summed E-state index contributed by atoms with van der Waals surface area (Å²) in [6, 6.07) is 1.36. The minimum Gasteiger partial charge on any atom is -0.467 e. The van der Waals surface area contributed by atoms with Crippen molar-refractivity contribution >= 4 is 11.9 Å². The number of hydrogen-bond donors (Lipinski definition) is 1. The van der Waals surface area contributed by atoms with Crippen LogP contribution in [0.5, 0.6) is 0 Å². The van der Waals surface area contributed by atoms with Crippen molar-refractivity contribution < 1.29 is 14.3 Å². The van der Waals surface area contributed by atoms with Crippen molar-refractivity contribution in [3.8, 4) is 6.07 Å². The molecule has 0 saturated heterocycles. The maximum absolute atomic E-state index is 11.5. The predicted octanol–water partition coefficient (Wildman–Crippen LogP) is 1.38. The molecule has 0 fully saturated rings. The van der Waals surface area contributed by atoms with E-state index in [4.69, 9.17) is 5.26 Å². The molecule has 5 heteroatoms. The topological polar surface area (TPSA) is 79.2 Å². The molecule has 96 valence electrons. The van der Waals surface area contributed by atoms with Crippen LogP contribution in [0.2, 0.25) is 0 Å². The van der Waals surface area contributed by atoms with E-state index in [9.17, 15) is 9.59 Å². The normalized spacial score (nSPS) is 11.7. The Hall–Kier alpha value is -1.57. The van der Waals surface area contributed by atoms with Gasteiger partial charge >= 0.3 is 5.97 Å². The van der Waals surface area contributed by atoms with Crippen LogP contribution in [0, 0.1) is 17.2 Å². The Morgan fingerprint density at radius 1 is 1.41 bits per heavy atom. The second kappa shape index (κ2) is 8.57. The minimum absolute atomic E-state index is 0.160. The van der Waals surface area contributed by atoms with Gasteiger partial charge in [0.1, 0.15) is 6.04 Å². The van der Waals surface area contributed by atoms with Crippen molar-refractivity contribution in [2.75, 3.05) is 7.11 Å². The third-order valence-corrected chi connectivity index (χ3v) is 2.20. The second-order valence-corrected chi connectivity index (χ2v) is 4.29. The van der Waals surface area contributed by atoms with E-state index in [1.165, 1.54) is 7.11 Å². The number of ether oxygens (including phenoxy) is 1. The predicted molar refractivity (Wildman–Crippen MR) is 62.9 cm³/mol. The van der Waals surface area contributed by atoms with Crippen molar-refractivity contribution in [2.45, 2.75) is 45.6 Å². The van der Waals surface area contributed by atoms with Gasteiger partial charge in [-0.15, -0.1) is 0 Å². The van der Waals surface area contributed by atoms with Crippen LogP contribution >= 0.6 is 0 Å². The van der Waals surface area contributed by atoms with Crippen LogP contribution in [0.15, 0.2) is 0 Å². The summed E-state index contributed by atoms with van der Waals surface area (Å²) in [5.41, 5.74) is 0. The van der Waals surface area contributed by atoms with Crippen LogP contribution < -0.4 is 5.32 Å². The van der Waals surface area contributed by atoms with Gasteiger partial charge in [0.2, 0.25) is 5.91 Å². The van der Waals surface area contributed by atoms with Gasteiger partial charge in [-0.1, -0.05) is 13.8 Å². The first-order chi connectivity index (χ1) is 8.01. The highest BCUT2D eigenvalue weighted by molar-refractivity contribution is 5.84. The fraction of sp³-hybridized carbons (Fsp3) is 0.750. The number of rotatable bonds is 7. The zero-order valence-electron chi connectivity index (χ0n) is 10.7. The number of carbonyl (C=O) groups is 2. The summed E-state index contributed by atoms with van der Waals surface area (Å²) in [6.07, 6.45) is 1.75. The first-order valence-corrected chi connectivity index (χ1v) is 5.75. The summed E-state index contributed by atoms with van der Waals surface area (Å²) in [6.45, 7) is 3.87. The lowest BCUT2D eigenvalue weighted by atomic mass is 10.1. The molecule has 0 aromatic carbocycles. The average molecular weight is 240 g/mol. The maximum Gasteiger partial charge on any atom is 0.328 e. The van der Waals surface area contributed by atoms with Crippen LogP contribution in [-0.4, -0.2) is 25.0 Å². The lowest BCUT2D eigenvalue weighted by molar-refractivity contribution is -0.145. The Morgan fingerprint density at radius 3 is 2.53 bits per heavy atom. The standard InChI is InChI=1S/C12H20N2O3/c1-9(2)8-11(15)14-10(12(16)17-3)6-4-5-7-13/h9-10H,4-6,8H2,1-3H3,(H,14,15)/t10-/m1/s1. The van der Waals surface area contributed by atoms with Crippen molar-refractivity contribution in [3.63, 3.8) is 0 Å². The zero-order chi connectivity index (χ0) is 13.3. The van der Waals surface area contributed by atoms with Crippen molar-refractivity contribution in [1.82, 2.24) is 5.32 Å². The molecule has 0 aromatic rings. The van der Waals surface area contributed by atoms with E-state index in [1.54, 1.807) is 0 Å². The Morgan fingerprint density at radius 2 is 2.06 bits per heavy atom. The fourth-order valence-corrected chi connectivity index (χ4v) is 1.40. The SMILES string of the molecule is COC(=O)[C@@H](CCCC#N)NC(=O)CC(C)C. The highest BCUT2D eigenvalue weighted by Crippen LogP contribution is 2.05. The van der Waals surface area contributed by atoms with Gasteiger partial charge in [-0.05, 0) is 18.8 Å². The third-order valence-electron chi connectivity index (χ3n) is 2.20. The fourth-order valence-electron chi connectivity index (χ4n) is 1.40. The van der Waals surface area contributed by atoms with E-state index < -0.39 is 12.0 Å². The number of nitriles is 1. The van der Waals surface area contributed by atoms with Crippen molar-refractivity contribution in [2.24, 2.45) is 5.92 Å². The molecule has 0 aromatic heterocycles. The van der Waals surface area contributed by atoms with Gasteiger partial charge < -0.3 is 10.1 Å². The monoisotopic (exact) mass is 240 g/mol. The number of nitrogens with one attached hydrogen (secondary N) is 1. The Labute approximate surface area is 102 Å². The van der Waals surface area contributed by atoms with E-state index in [2.05, 4.69) is 10.1 Å². The number of nitrogens with zero attached hydrogens (tertiary/aromatic N) is 1. The van der Waals surface area contributed by atoms with Gasteiger partial charge in [-0.25, -0.2) is 4.79 Å².